The first-order valence-corrected chi connectivity index (χ1v) is 8.33. The van der Waals surface area contributed by atoms with Gasteiger partial charge in [0, 0.05) is 12.8 Å². The molecule has 1 amide bonds. The number of benzene rings is 1. The van der Waals surface area contributed by atoms with Gasteiger partial charge in [0.15, 0.2) is 5.60 Å². The fourth-order valence-electron chi connectivity index (χ4n) is 2.50. The minimum absolute atomic E-state index is 0.198. The van der Waals surface area contributed by atoms with Crippen molar-refractivity contribution < 1.29 is 14.6 Å². The predicted octanol–water partition coefficient (Wildman–Crippen LogP) is 2.01. The maximum Gasteiger partial charge on any atom is 0.255 e. The Kier molecular flexibility index (Phi) is 5.17. The van der Waals surface area contributed by atoms with Gasteiger partial charge in [-0.15, -0.1) is 0 Å². The van der Waals surface area contributed by atoms with Crippen LogP contribution in [0.2, 0.25) is 0 Å². The summed E-state index contributed by atoms with van der Waals surface area (Å²) in [5.41, 5.74) is 1.14. The molecule has 5 heteroatoms. The minimum Gasteiger partial charge on any atom is -0.492 e. The van der Waals surface area contributed by atoms with Gasteiger partial charge in [-0.2, -0.15) is 11.8 Å². The molecule has 0 spiro atoms. The van der Waals surface area contributed by atoms with E-state index >= 15 is 0 Å². The summed E-state index contributed by atoms with van der Waals surface area (Å²) >= 11 is 1.62. The first kappa shape index (κ1) is 16.2. The Morgan fingerprint density at radius 1 is 1.38 bits per heavy atom. The molecule has 0 aromatic heterocycles. The fourth-order valence-corrected chi connectivity index (χ4v) is 3.73. The summed E-state index contributed by atoms with van der Waals surface area (Å²) < 4.78 is 5.70. The lowest BCUT2D eigenvalue weighted by molar-refractivity contribution is -0.147. The number of hydrogen-bond acceptors (Lipinski definition) is 4. The standard InChI is InChI=1S/C16H23NO3S/c1-12-8-13(2)10-14(9-12)20-6-5-17(3)15(18)16(19)4-7-21-11-16/h8-10,19H,4-7,11H2,1-3H3/t16-/m0/s1. The molecule has 116 valence electrons. The van der Waals surface area contributed by atoms with Gasteiger partial charge >= 0.3 is 0 Å². The van der Waals surface area contributed by atoms with Crippen LogP contribution in [0.15, 0.2) is 18.2 Å². The smallest absolute Gasteiger partial charge is 0.255 e. The van der Waals surface area contributed by atoms with Crippen molar-refractivity contribution in [3.05, 3.63) is 29.3 Å². The summed E-state index contributed by atoms with van der Waals surface area (Å²) in [4.78, 5) is 13.8. The van der Waals surface area contributed by atoms with Crippen molar-refractivity contribution in [1.82, 2.24) is 4.90 Å². The molecule has 1 saturated heterocycles. The Bertz CT molecular complexity index is 492. The van der Waals surface area contributed by atoms with E-state index < -0.39 is 5.60 Å². The third kappa shape index (κ3) is 4.14. The molecule has 1 aromatic carbocycles. The van der Waals surface area contributed by atoms with Gasteiger partial charge in [0.25, 0.3) is 5.91 Å². The van der Waals surface area contributed by atoms with Crippen molar-refractivity contribution >= 4 is 17.7 Å². The number of nitrogens with zero attached hydrogens (tertiary/aromatic N) is 1. The topological polar surface area (TPSA) is 49.8 Å². The van der Waals surface area contributed by atoms with Gasteiger partial charge in [0.2, 0.25) is 0 Å². The molecule has 0 unspecified atom stereocenters. The van der Waals surface area contributed by atoms with E-state index in [-0.39, 0.29) is 5.91 Å². The number of carbonyl (C=O) groups excluding carboxylic acids is 1. The van der Waals surface area contributed by atoms with Crippen LogP contribution in [0.1, 0.15) is 17.5 Å². The van der Waals surface area contributed by atoms with Crippen molar-refractivity contribution in [3.63, 3.8) is 0 Å². The second-order valence-corrected chi connectivity index (χ2v) is 6.84. The number of ether oxygens (including phenoxy) is 1. The molecule has 0 radical (unpaired) electrons. The van der Waals surface area contributed by atoms with Gasteiger partial charge in [-0.3, -0.25) is 4.79 Å². The summed E-state index contributed by atoms with van der Waals surface area (Å²) in [7, 11) is 1.72. The number of aliphatic hydroxyl groups is 1. The molecule has 1 fully saturated rings. The molecule has 4 nitrogen and oxygen atoms in total. The average molecular weight is 309 g/mol. The van der Waals surface area contributed by atoms with Crippen LogP contribution in [0.25, 0.3) is 0 Å². The van der Waals surface area contributed by atoms with E-state index in [1.165, 1.54) is 0 Å². The molecular weight excluding hydrogens is 286 g/mol. The highest BCUT2D eigenvalue weighted by Gasteiger charge is 2.41. The van der Waals surface area contributed by atoms with Crippen LogP contribution >= 0.6 is 11.8 Å². The second-order valence-electron chi connectivity index (χ2n) is 5.73. The van der Waals surface area contributed by atoms with E-state index in [0.29, 0.717) is 25.3 Å². The van der Waals surface area contributed by atoms with Gasteiger partial charge in [-0.05, 0) is 49.3 Å². The molecule has 1 aromatic rings. The summed E-state index contributed by atoms with van der Waals surface area (Å²) in [6.45, 7) is 4.96. The fraction of sp³-hybridized carbons (Fsp3) is 0.562. The summed E-state index contributed by atoms with van der Waals surface area (Å²) in [5, 5.41) is 10.3. The Labute approximate surface area is 130 Å². The van der Waals surface area contributed by atoms with Gasteiger partial charge < -0.3 is 14.7 Å². The van der Waals surface area contributed by atoms with Crippen molar-refractivity contribution in [2.24, 2.45) is 0 Å². The molecule has 1 heterocycles. The van der Waals surface area contributed by atoms with E-state index in [1.54, 1.807) is 23.7 Å². The first-order chi connectivity index (χ1) is 9.90. The Morgan fingerprint density at radius 2 is 2.05 bits per heavy atom. The largest absolute Gasteiger partial charge is 0.492 e. The zero-order valence-electron chi connectivity index (χ0n) is 12.9. The number of carbonyl (C=O) groups is 1. The van der Waals surface area contributed by atoms with Crippen molar-refractivity contribution in [3.8, 4) is 5.75 Å². The molecule has 21 heavy (non-hydrogen) atoms. The lowest BCUT2D eigenvalue weighted by Crippen LogP contribution is -2.48. The zero-order chi connectivity index (χ0) is 15.5. The normalized spacial score (nSPS) is 21.3. The van der Waals surface area contributed by atoms with Crippen molar-refractivity contribution in [2.75, 3.05) is 31.7 Å². The summed E-state index contributed by atoms with van der Waals surface area (Å²) in [6, 6.07) is 6.06. The number of likely N-dealkylation sites (N-methyl/N-ethyl adjacent to an activating group) is 1. The minimum atomic E-state index is -1.18. The van der Waals surface area contributed by atoms with E-state index in [0.717, 1.165) is 22.6 Å². The molecule has 1 aliphatic heterocycles. The van der Waals surface area contributed by atoms with Crippen LogP contribution in [-0.2, 0) is 4.79 Å². The number of rotatable bonds is 5. The molecule has 0 saturated carbocycles. The van der Waals surface area contributed by atoms with Crippen LogP contribution in [0, 0.1) is 13.8 Å². The van der Waals surface area contributed by atoms with Crippen LogP contribution in [-0.4, -0.2) is 53.2 Å². The molecule has 0 aliphatic carbocycles. The number of hydrogen-bond donors (Lipinski definition) is 1. The third-order valence-corrected chi connectivity index (χ3v) is 4.81. The van der Waals surface area contributed by atoms with Crippen molar-refractivity contribution in [1.29, 1.82) is 0 Å². The van der Waals surface area contributed by atoms with E-state index in [1.807, 2.05) is 26.0 Å². The quantitative estimate of drug-likeness (QED) is 0.904. The van der Waals surface area contributed by atoms with Crippen LogP contribution in [0.5, 0.6) is 5.75 Å². The Balaban J connectivity index is 1.83. The van der Waals surface area contributed by atoms with Crippen LogP contribution in [0.3, 0.4) is 0 Å². The number of aryl methyl sites for hydroxylation is 2. The van der Waals surface area contributed by atoms with E-state index in [9.17, 15) is 9.90 Å². The monoisotopic (exact) mass is 309 g/mol. The molecule has 1 aliphatic rings. The molecule has 0 bridgehead atoms. The zero-order valence-corrected chi connectivity index (χ0v) is 13.7. The molecule has 2 rings (SSSR count). The van der Waals surface area contributed by atoms with E-state index in [4.69, 9.17) is 4.74 Å². The highest BCUT2D eigenvalue weighted by molar-refractivity contribution is 7.99. The third-order valence-electron chi connectivity index (χ3n) is 3.64. The lowest BCUT2D eigenvalue weighted by atomic mass is 10.0. The van der Waals surface area contributed by atoms with E-state index in [2.05, 4.69) is 6.07 Å². The SMILES string of the molecule is Cc1cc(C)cc(OCCN(C)C(=O)[C@]2(O)CCSC2)c1. The molecule has 1 atom stereocenters. The highest BCUT2D eigenvalue weighted by Crippen LogP contribution is 2.29. The maximum absolute atomic E-state index is 12.2. The maximum atomic E-state index is 12.2. The number of thioether (sulfide) groups is 1. The predicted molar refractivity (Wildman–Crippen MR) is 85.9 cm³/mol. The highest BCUT2D eigenvalue weighted by atomic mass is 32.2. The lowest BCUT2D eigenvalue weighted by Gasteiger charge is -2.27. The first-order valence-electron chi connectivity index (χ1n) is 7.17. The Hall–Kier alpha value is -1.20. The van der Waals surface area contributed by atoms with Crippen LogP contribution in [0.4, 0.5) is 0 Å². The molecular formula is C16H23NO3S. The van der Waals surface area contributed by atoms with Gasteiger partial charge in [-0.25, -0.2) is 0 Å². The molecule has 1 N–H and O–H groups in total. The Morgan fingerprint density at radius 3 is 2.62 bits per heavy atom. The summed E-state index contributed by atoms with van der Waals surface area (Å²) in [5.74, 6) is 1.96. The second kappa shape index (κ2) is 6.71. The van der Waals surface area contributed by atoms with Crippen molar-refractivity contribution in [2.45, 2.75) is 25.9 Å². The van der Waals surface area contributed by atoms with Gasteiger partial charge in [0.05, 0.1) is 6.54 Å². The van der Waals surface area contributed by atoms with Gasteiger partial charge in [-0.1, -0.05) is 6.07 Å². The average Bonchev–Trinajstić information content (AvgIpc) is 2.85. The summed E-state index contributed by atoms with van der Waals surface area (Å²) in [6.07, 6.45) is 0.540. The number of amides is 1. The van der Waals surface area contributed by atoms with Crippen LogP contribution < -0.4 is 4.74 Å². The van der Waals surface area contributed by atoms with Gasteiger partial charge in [0.1, 0.15) is 12.4 Å².